The lowest BCUT2D eigenvalue weighted by molar-refractivity contribution is -0.920. The van der Waals surface area contributed by atoms with E-state index in [9.17, 15) is 15.8 Å². The number of hydrogen-bond donors (Lipinski definition) is 2. The van der Waals surface area contributed by atoms with Crippen LogP contribution >= 0.6 is 0 Å². The second kappa shape index (κ2) is 6.75. The molecule has 130 valence electrons. The number of fused-ring (bicyclic) bond motifs is 1. The number of nitrogens with zero attached hydrogens (tertiary/aromatic N) is 3. The Hall–Kier alpha value is -2.94. The van der Waals surface area contributed by atoms with Crippen LogP contribution in [0, 0.1) is 56.7 Å². The molecule has 0 saturated heterocycles. The van der Waals surface area contributed by atoms with E-state index in [4.69, 9.17) is 5.41 Å². The fourth-order valence-corrected chi connectivity index (χ4v) is 4.41. The summed E-state index contributed by atoms with van der Waals surface area (Å²) in [5, 5.41) is 38.1. The monoisotopic (exact) mass is 344 g/mol. The second-order valence-electron chi connectivity index (χ2n) is 7.42. The lowest BCUT2D eigenvalue weighted by Crippen LogP contribution is -3.16. The lowest BCUT2D eigenvalue weighted by Gasteiger charge is -2.46. The second-order valence-corrected chi connectivity index (χ2v) is 7.42. The van der Waals surface area contributed by atoms with Gasteiger partial charge in [-0.3, -0.25) is 0 Å². The summed E-state index contributed by atoms with van der Waals surface area (Å²) >= 11 is 0. The zero-order valence-corrected chi connectivity index (χ0v) is 15.0. The molecule has 1 fully saturated rings. The van der Waals surface area contributed by atoms with Gasteiger partial charge in [0.1, 0.15) is 0 Å². The van der Waals surface area contributed by atoms with Crippen molar-refractivity contribution in [1.29, 1.82) is 21.2 Å². The van der Waals surface area contributed by atoms with Gasteiger partial charge in [-0.2, -0.15) is 15.8 Å². The maximum absolute atomic E-state index is 9.85. The first-order chi connectivity index (χ1) is 12.5. The van der Waals surface area contributed by atoms with Gasteiger partial charge in [-0.25, -0.2) is 0 Å². The first-order valence-corrected chi connectivity index (χ1v) is 8.91. The minimum absolute atomic E-state index is 0.0747. The van der Waals surface area contributed by atoms with Crippen LogP contribution in [0.2, 0.25) is 0 Å². The molecule has 2 N–H and O–H groups in total. The fourth-order valence-electron chi connectivity index (χ4n) is 4.41. The summed E-state index contributed by atoms with van der Waals surface area (Å²) in [7, 11) is 0. The Morgan fingerprint density at radius 1 is 1.15 bits per heavy atom. The fraction of sp³-hybridized carbons (Fsp3) is 0.429. The van der Waals surface area contributed by atoms with E-state index < -0.39 is 11.3 Å². The Morgan fingerprint density at radius 2 is 1.81 bits per heavy atom. The highest BCUT2D eigenvalue weighted by Gasteiger charge is 2.57. The SMILES string of the molecule is CC(C)[NH+]1CC=C2[C@H](C1)[C@H](c1ccccc1)[C@H](C#N)C(=N)C2(C#N)C#N. The van der Waals surface area contributed by atoms with E-state index in [0.29, 0.717) is 6.04 Å². The van der Waals surface area contributed by atoms with Gasteiger partial charge in [0.05, 0.1) is 49.0 Å². The molecule has 0 radical (unpaired) electrons. The molecule has 4 atom stereocenters. The van der Waals surface area contributed by atoms with Crippen LogP contribution in [0.1, 0.15) is 25.3 Å². The minimum Gasteiger partial charge on any atom is -0.329 e. The van der Waals surface area contributed by atoms with Crippen LogP contribution in [-0.4, -0.2) is 24.8 Å². The van der Waals surface area contributed by atoms with Gasteiger partial charge in [0.15, 0.2) is 0 Å². The van der Waals surface area contributed by atoms with Crippen molar-refractivity contribution in [1.82, 2.24) is 0 Å². The van der Waals surface area contributed by atoms with Gasteiger partial charge in [0.25, 0.3) is 0 Å². The molecule has 3 rings (SSSR count). The summed E-state index contributed by atoms with van der Waals surface area (Å²) < 4.78 is 0. The molecule has 1 aliphatic heterocycles. The van der Waals surface area contributed by atoms with E-state index in [1.807, 2.05) is 36.4 Å². The van der Waals surface area contributed by atoms with Crippen molar-refractivity contribution in [2.75, 3.05) is 13.1 Å². The first-order valence-electron chi connectivity index (χ1n) is 8.91. The predicted octanol–water partition coefficient (Wildman–Crippen LogP) is 1.83. The maximum Gasteiger partial charge on any atom is 0.203 e. The molecular formula is C21H22N5+. The van der Waals surface area contributed by atoms with E-state index in [2.05, 4.69) is 32.1 Å². The Morgan fingerprint density at radius 3 is 2.35 bits per heavy atom. The van der Waals surface area contributed by atoms with Crippen LogP contribution < -0.4 is 4.90 Å². The summed E-state index contributed by atoms with van der Waals surface area (Å²) in [4.78, 5) is 1.37. The van der Waals surface area contributed by atoms with Crippen molar-refractivity contribution in [2.24, 2.45) is 17.3 Å². The summed E-state index contributed by atoms with van der Waals surface area (Å²) in [6.07, 6.45) is 1.98. The third-order valence-corrected chi connectivity index (χ3v) is 5.88. The zero-order chi connectivity index (χ0) is 18.9. The molecule has 1 aromatic rings. The molecule has 0 spiro atoms. The van der Waals surface area contributed by atoms with Crippen molar-refractivity contribution in [3.8, 4) is 18.2 Å². The molecular weight excluding hydrogens is 322 g/mol. The standard InChI is InChI=1S/C21H21N5/c1-14(2)26-9-8-18-17(11-26)19(15-6-4-3-5-7-15)16(10-22)20(25)21(18,12-23)13-24/h3-8,14,16-17,19,25H,9,11H2,1-2H3/p+1/t16-,17-,19+/m0/s1. The van der Waals surface area contributed by atoms with Crippen molar-refractivity contribution >= 4 is 5.71 Å². The van der Waals surface area contributed by atoms with Gasteiger partial charge in [0.2, 0.25) is 5.41 Å². The highest BCUT2D eigenvalue weighted by Crippen LogP contribution is 2.51. The van der Waals surface area contributed by atoms with Crippen LogP contribution in [0.4, 0.5) is 0 Å². The van der Waals surface area contributed by atoms with Crippen LogP contribution in [-0.2, 0) is 0 Å². The minimum atomic E-state index is -1.61. The Balaban J connectivity index is 2.21. The van der Waals surface area contributed by atoms with Gasteiger partial charge >= 0.3 is 0 Å². The van der Waals surface area contributed by atoms with Crippen LogP contribution in [0.25, 0.3) is 0 Å². The van der Waals surface area contributed by atoms with E-state index in [-0.39, 0.29) is 17.5 Å². The normalized spacial score (nSPS) is 29.7. The molecule has 1 heterocycles. The van der Waals surface area contributed by atoms with Crippen molar-refractivity contribution < 1.29 is 4.90 Å². The number of quaternary nitrogens is 1. The van der Waals surface area contributed by atoms with Crippen LogP contribution in [0.5, 0.6) is 0 Å². The Bertz CT molecular complexity index is 848. The van der Waals surface area contributed by atoms with Crippen molar-refractivity contribution in [3.63, 3.8) is 0 Å². The smallest absolute Gasteiger partial charge is 0.203 e. The third kappa shape index (κ3) is 2.51. The summed E-state index contributed by atoms with van der Waals surface area (Å²) in [6, 6.07) is 16.6. The highest BCUT2D eigenvalue weighted by molar-refractivity contribution is 6.01. The maximum atomic E-state index is 9.85. The quantitative estimate of drug-likeness (QED) is 0.800. The van der Waals surface area contributed by atoms with E-state index in [0.717, 1.165) is 24.2 Å². The summed E-state index contributed by atoms with van der Waals surface area (Å²) in [5.74, 6) is -1.07. The van der Waals surface area contributed by atoms with E-state index >= 15 is 0 Å². The highest BCUT2D eigenvalue weighted by atomic mass is 15.2. The third-order valence-electron chi connectivity index (χ3n) is 5.88. The number of nitriles is 3. The zero-order valence-electron chi connectivity index (χ0n) is 15.0. The van der Waals surface area contributed by atoms with Gasteiger partial charge in [-0.15, -0.1) is 0 Å². The van der Waals surface area contributed by atoms with Crippen molar-refractivity contribution in [2.45, 2.75) is 25.8 Å². The largest absolute Gasteiger partial charge is 0.329 e. The number of hydrogen-bond acceptors (Lipinski definition) is 4. The number of benzene rings is 1. The number of nitrogens with one attached hydrogen (secondary N) is 2. The Labute approximate surface area is 154 Å². The molecule has 1 aromatic carbocycles. The average Bonchev–Trinajstić information content (AvgIpc) is 2.67. The average molecular weight is 344 g/mol. The lowest BCUT2D eigenvalue weighted by atomic mass is 9.55. The molecule has 2 aliphatic rings. The number of rotatable bonds is 2. The summed E-state index contributed by atoms with van der Waals surface area (Å²) in [6.45, 7) is 5.81. The first kappa shape index (κ1) is 17.9. The van der Waals surface area contributed by atoms with Gasteiger partial charge < -0.3 is 10.3 Å². The molecule has 0 amide bonds. The van der Waals surface area contributed by atoms with Gasteiger partial charge in [-0.1, -0.05) is 30.3 Å². The molecule has 26 heavy (non-hydrogen) atoms. The van der Waals surface area contributed by atoms with Gasteiger partial charge in [-0.05, 0) is 31.1 Å². The molecule has 5 nitrogen and oxygen atoms in total. The molecule has 1 unspecified atom stereocenters. The molecule has 0 bridgehead atoms. The summed E-state index contributed by atoms with van der Waals surface area (Å²) in [5.41, 5.74) is 0.0274. The predicted molar refractivity (Wildman–Crippen MR) is 97.1 cm³/mol. The molecule has 1 saturated carbocycles. The molecule has 5 heteroatoms. The van der Waals surface area contributed by atoms with E-state index in [1.54, 1.807) is 0 Å². The molecule has 1 aliphatic carbocycles. The van der Waals surface area contributed by atoms with Crippen LogP contribution in [0.3, 0.4) is 0 Å². The van der Waals surface area contributed by atoms with Gasteiger partial charge in [0, 0.05) is 11.8 Å². The van der Waals surface area contributed by atoms with E-state index in [1.165, 1.54) is 4.90 Å². The molecule has 0 aromatic heterocycles. The topological polar surface area (TPSA) is 99.7 Å². The Kier molecular flexibility index (Phi) is 4.64. The van der Waals surface area contributed by atoms with Crippen molar-refractivity contribution in [3.05, 3.63) is 47.5 Å². The van der Waals surface area contributed by atoms with Crippen LogP contribution in [0.15, 0.2) is 42.0 Å².